The number of anilines is 1. The molecule has 4 heterocycles. The van der Waals surface area contributed by atoms with E-state index in [-0.39, 0.29) is 0 Å². The molecule has 7 heteroatoms. The van der Waals surface area contributed by atoms with Gasteiger partial charge in [0.1, 0.15) is 16.5 Å². The lowest BCUT2D eigenvalue weighted by atomic mass is 10.0. The van der Waals surface area contributed by atoms with Crippen molar-refractivity contribution in [3.05, 3.63) is 88.3 Å². The van der Waals surface area contributed by atoms with Crippen molar-refractivity contribution in [1.29, 1.82) is 0 Å². The first-order valence-corrected chi connectivity index (χ1v) is 9.86. The molecule has 0 saturated heterocycles. The van der Waals surface area contributed by atoms with Crippen LogP contribution in [-0.4, -0.2) is 25.5 Å². The van der Waals surface area contributed by atoms with Crippen molar-refractivity contribution in [1.82, 2.24) is 19.7 Å². The van der Waals surface area contributed by atoms with E-state index < -0.39 is 0 Å². The highest BCUT2D eigenvalue weighted by atomic mass is 32.1. The van der Waals surface area contributed by atoms with Crippen molar-refractivity contribution in [2.45, 2.75) is 20.4 Å². The molecular formula is C21H18N6S. The fourth-order valence-electron chi connectivity index (χ4n) is 3.39. The molecule has 0 bridgehead atoms. The normalized spacial score (nSPS) is 12.9. The van der Waals surface area contributed by atoms with Crippen molar-refractivity contribution in [2.75, 3.05) is 5.01 Å². The zero-order valence-electron chi connectivity index (χ0n) is 15.6. The molecule has 0 spiro atoms. The van der Waals surface area contributed by atoms with Crippen LogP contribution in [0.2, 0.25) is 0 Å². The Morgan fingerprint density at radius 2 is 1.86 bits per heavy atom. The van der Waals surface area contributed by atoms with Crippen LogP contribution < -0.4 is 5.01 Å². The summed E-state index contributed by atoms with van der Waals surface area (Å²) in [5.41, 5.74) is 4.18. The highest BCUT2D eigenvalue weighted by molar-refractivity contribution is 7.15. The average Bonchev–Trinajstić information content (AvgIpc) is 3.25. The van der Waals surface area contributed by atoms with Crippen LogP contribution in [0.15, 0.2) is 66.0 Å². The first kappa shape index (κ1) is 16.8. The lowest BCUT2D eigenvalue weighted by Gasteiger charge is -2.17. The molecule has 0 fully saturated rings. The van der Waals surface area contributed by atoms with Gasteiger partial charge in [0.05, 0.1) is 6.54 Å². The standard InChI is InChI=1S/C21H18N6S/c1-14-11-18-19(17-8-4-3-5-9-17)25-26(13-16-7-6-10-22-12-16)21-24-23-15(2)27(21)20(18)28-14/h3-12H,13H2,1-2H3. The van der Waals surface area contributed by atoms with Crippen LogP contribution in [0.4, 0.5) is 5.95 Å². The largest absolute Gasteiger partial charge is 0.264 e. The zero-order valence-corrected chi connectivity index (χ0v) is 16.4. The molecule has 0 amide bonds. The quantitative estimate of drug-likeness (QED) is 0.532. The van der Waals surface area contributed by atoms with E-state index in [9.17, 15) is 0 Å². The number of fused-ring (bicyclic) bond motifs is 3. The van der Waals surface area contributed by atoms with E-state index in [0.717, 1.165) is 39.2 Å². The van der Waals surface area contributed by atoms with Crippen LogP contribution >= 0.6 is 11.3 Å². The minimum absolute atomic E-state index is 0.566. The summed E-state index contributed by atoms with van der Waals surface area (Å²) in [7, 11) is 0. The highest BCUT2D eigenvalue weighted by Crippen LogP contribution is 2.35. The molecule has 0 unspecified atom stereocenters. The maximum atomic E-state index is 5.06. The maximum Gasteiger partial charge on any atom is 0.253 e. The highest BCUT2D eigenvalue weighted by Gasteiger charge is 2.28. The third-order valence-corrected chi connectivity index (χ3v) is 5.69. The van der Waals surface area contributed by atoms with Gasteiger partial charge >= 0.3 is 0 Å². The summed E-state index contributed by atoms with van der Waals surface area (Å²) in [6.07, 6.45) is 3.63. The molecule has 0 aliphatic carbocycles. The lowest BCUT2D eigenvalue weighted by Crippen LogP contribution is -2.20. The van der Waals surface area contributed by atoms with Crippen LogP contribution in [-0.2, 0) is 6.54 Å². The number of hydrogen-bond donors (Lipinski definition) is 0. The van der Waals surface area contributed by atoms with Gasteiger partial charge < -0.3 is 0 Å². The van der Waals surface area contributed by atoms with Crippen molar-refractivity contribution in [3.63, 3.8) is 0 Å². The van der Waals surface area contributed by atoms with Gasteiger partial charge in [0.25, 0.3) is 5.95 Å². The third kappa shape index (κ3) is 2.80. The number of hydrogen-bond acceptors (Lipinski definition) is 6. The molecule has 0 atom stereocenters. The predicted octanol–water partition coefficient (Wildman–Crippen LogP) is 4.11. The molecule has 1 aliphatic heterocycles. The summed E-state index contributed by atoms with van der Waals surface area (Å²) < 4.78 is 2.10. The van der Waals surface area contributed by atoms with Gasteiger partial charge in [-0.05, 0) is 31.5 Å². The van der Waals surface area contributed by atoms with Crippen molar-refractivity contribution < 1.29 is 0 Å². The summed E-state index contributed by atoms with van der Waals surface area (Å²) in [5, 5.41) is 16.9. The molecular weight excluding hydrogens is 368 g/mol. The number of pyridine rings is 1. The SMILES string of the molecule is Cc1cc2c(s1)-n1c(C)nnc1N(Cc1cccnc1)N=C2c1ccccc1. The monoisotopic (exact) mass is 386 g/mol. The van der Waals surface area contributed by atoms with E-state index in [1.54, 1.807) is 17.5 Å². The van der Waals surface area contributed by atoms with Crippen molar-refractivity contribution in [3.8, 4) is 5.00 Å². The van der Waals surface area contributed by atoms with Gasteiger partial charge in [0.15, 0.2) is 0 Å². The number of nitrogens with zero attached hydrogens (tertiary/aromatic N) is 6. The van der Waals surface area contributed by atoms with Gasteiger partial charge in [-0.1, -0.05) is 36.4 Å². The molecule has 3 aromatic heterocycles. The second kappa shape index (κ2) is 6.69. The van der Waals surface area contributed by atoms with Crippen LogP contribution in [0, 0.1) is 13.8 Å². The van der Waals surface area contributed by atoms with E-state index in [0.29, 0.717) is 6.54 Å². The molecule has 4 aromatic rings. The number of rotatable bonds is 3. The smallest absolute Gasteiger partial charge is 0.253 e. The van der Waals surface area contributed by atoms with E-state index in [4.69, 9.17) is 5.10 Å². The second-order valence-corrected chi connectivity index (χ2v) is 7.93. The van der Waals surface area contributed by atoms with Gasteiger partial charge in [-0.3, -0.25) is 9.55 Å². The summed E-state index contributed by atoms with van der Waals surface area (Å²) in [4.78, 5) is 5.47. The Bertz CT molecular complexity index is 1160. The first-order chi connectivity index (χ1) is 13.7. The van der Waals surface area contributed by atoms with Gasteiger partial charge in [-0.2, -0.15) is 5.10 Å². The fraction of sp³-hybridized carbons (Fsp3) is 0.143. The molecule has 0 saturated carbocycles. The van der Waals surface area contributed by atoms with E-state index >= 15 is 0 Å². The predicted molar refractivity (Wildman–Crippen MR) is 111 cm³/mol. The Morgan fingerprint density at radius 3 is 2.64 bits per heavy atom. The van der Waals surface area contributed by atoms with Gasteiger partial charge in [0, 0.05) is 28.4 Å². The van der Waals surface area contributed by atoms with Gasteiger partial charge in [-0.15, -0.1) is 21.5 Å². The topological polar surface area (TPSA) is 59.2 Å². The summed E-state index contributed by atoms with van der Waals surface area (Å²) >= 11 is 1.73. The number of aryl methyl sites for hydroxylation is 2. The van der Waals surface area contributed by atoms with Gasteiger partial charge in [-0.25, -0.2) is 5.01 Å². The first-order valence-electron chi connectivity index (χ1n) is 9.04. The molecule has 0 N–H and O–H groups in total. The van der Waals surface area contributed by atoms with Crippen molar-refractivity contribution >= 4 is 23.0 Å². The summed E-state index contributed by atoms with van der Waals surface area (Å²) in [6, 6.07) is 16.5. The zero-order chi connectivity index (χ0) is 19.1. The molecule has 0 radical (unpaired) electrons. The Kier molecular flexibility index (Phi) is 4.02. The summed E-state index contributed by atoms with van der Waals surface area (Å²) in [5.74, 6) is 1.56. The van der Waals surface area contributed by atoms with E-state index in [1.807, 2.05) is 48.5 Å². The van der Waals surface area contributed by atoms with Gasteiger partial charge in [0.2, 0.25) is 0 Å². The number of hydrazone groups is 1. The van der Waals surface area contributed by atoms with E-state index in [2.05, 4.69) is 44.9 Å². The number of benzene rings is 1. The van der Waals surface area contributed by atoms with Crippen LogP contribution in [0.3, 0.4) is 0 Å². The number of aromatic nitrogens is 4. The molecule has 28 heavy (non-hydrogen) atoms. The molecule has 138 valence electrons. The molecule has 1 aliphatic rings. The second-order valence-electron chi connectivity index (χ2n) is 6.69. The Hall–Kier alpha value is -3.32. The number of thiophene rings is 1. The summed E-state index contributed by atoms with van der Waals surface area (Å²) in [6.45, 7) is 4.66. The molecule has 5 rings (SSSR count). The minimum Gasteiger partial charge on any atom is -0.264 e. The molecule has 1 aromatic carbocycles. The molecule has 6 nitrogen and oxygen atoms in total. The fourth-order valence-corrected chi connectivity index (χ4v) is 4.45. The Labute approximate surface area is 166 Å². The third-order valence-electron chi connectivity index (χ3n) is 4.66. The maximum absolute atomic E-state index is 5.06. The Morgan fingerprint density at radius 1 is 1.00 bits per heavy atom. The van der Waals surface area contributed by atoms with E-state index in [1.165, 1.54) is 4.88 Å². The van der Waals surface area contributed by atoms with Crippen LogP contribution in [0.25, 0.3) is 5.00 Å². The van der Waals surface area contributed by atoms with Crippen LogP contribution in [0.5, 0.6) is 0 Å². The minimum atomic E-state index is 0.566. The Balaban J connectivity index is 1.74. The lowest BCUT2D eigenvalue weighted by molar-refractivity contribution is 0.795. The average molecular weight is 386 g/mol. The van der Waals surface area contributed by atoms with Crippen LogP contribution in [0.1, 0.15) is 27.4 Å². The van der Waals surface area contributed by atoms with Crippen molar-refractivity contribution in [2.24, 2.45) is 5.10 Å².